The van der Waals surface area contributed by atoms with Crippen LogP contribution in [0.5, 0.6) is 0 Å². The first-order valence-corrected chi connectivity index (χ1v) is 5.65. The second kappa shape index (κ2) is 4.82. The molecule has 0 unspecified atom stereocenters. The highest BCUT2D eigenvalue weighted by Gasteiger charge is 2.06. The highest BCUT2D eigenvalue weighted by Crippen LogP contribution is 2.18. The maximum absolute atomic E-state index is 10.9. The predicted octanol–water partition coefficient (Wildman–Crippen LogP) is 2.13. The molecule has 0 spiro atoms. The third kappa shape index (κ3) is 2.53. The van der Waals surface area contributed by atoms with Gasteiger partial charge in [-0.15, -0.1) is 0 Å². The highest BCUT2D eigenvalue weighted by molar-refractivity contribution is 5.89. The van der Waals surface area contributed by atoms with Crippen molar-refractivity contribution in [3.05, 3.63) is 41.9 Å². The maximum atomic E-state index is 10.9. The summed E-state index contributed by atoms with van der Waals surface area (Å²) in [6, 6.07) is 8.21. The molecule has 0 saturated carbocycles. The minimum absolute atomic E-state index is 0.192. The molecule has 0 aliphatic carbocycles. The van der Waals surface area contributed by atoms with Crippen LogP contribution in [0.2, 0.25) is 0 Å². The van der Waals surface area contributed by atoms with Crippen LogP contribution in [0.3, 0.4) is 0 Å². The van der Waals surface area contributed by atoms with Gasteiger partial charge in [-0.1, -0.05) is 37.6 Å². The van der Waals surface area contributed by atoms with Crippen molar-refractivity contribution in [1.82, 2.24) is 9.97 Å². The van der Waals surface area contributed by atoms with Crippen LogP contribution in [-0.2, 0) is 6.42 Å². The van der Waals surface area contributed by atoms with Gasteiger partial charge in [0.05, 0.1) is 11.9 Å². The smallest absolute Gasteiger partial charge is 0.284 e. The predicted molar refractivity (Wildman–Crippen MR) is 66.5 cm³/mol. The summed E-state index contributed by atoms with van der Waals surface area (Å²) < 4.78 is 0. The molecule has 17 heavy (non-hydrogen) atoms. The second-order valence-corrected chi connectivity index (χ2v) is 3.96. The standard InChI is InChI=1S/C13H15N3O/c1-2-3-9-4-6-10(7-5-9)11-8-15-13(16-11)12(14)17/h4-8H,2-3H2,1H3,(H2,14,17)(H,15,16). The Morgan fingerprint density at radius 2 is 2.06 bits per heavy atom. The van der Waals surface area contributed by atoms with Gasteiger partial charge in [0.1, 0.15) is 0 Å². The van der Waals surface area contributed by atoms with E-state index in [1.807, 2.05) is 12.1 Å². The summed E-state index contributed by atoms with van der Waals surface area (Å²) in [6.45, 7) is 2.15. The zero-order valence-corrected chi connectivity index (χ0v) is 9.73. The fraction of sp³-hybridized carbons (Fsp3) is 0.231. The van der Waals surface area contributed by atoms with E-state index in [1.165, 1.54) is 5.56 Å². The van der Waals surface area contributed by atoms with Gasteiger partial charge in [0.15, 0.2) is 5.82 Å². The molecule has 1 aromatic heterocycles. The van der Waals surface area contributed by atoms with Crippen LogP contribution in [0.1, 0.15) is 29.5 Å². The largest absolute Gasteiger partial charge is 0.363 e. The average Bonchev–Trinajstić information content (AvgIpc) is 2.80. The number of nitrogens with two attached hydrogens (primary N) is 1. The Morgan fingerprint density at radius 3 is 2.59 bits per heavy atom. The number of nitrogens with zero attached hydrogens (tertiary/aromatic N) is 1. The number of aromatic nitrogens is 2. The Balaban J connectivity index is 2.23. The van der Waals surface area contributed by atoms with Crippen LogP contribution in [-0.4, -0.2) is 15.9 Å². The van der Waals surface area contributed by atoms with Crippen LogP contribution < -0.4 is 5.73 Å². The van der Waals surface area contributed by atoms with Crippen LogP contribution in [0.4, 0.5) is 0 Å². The third-order valence-electron chi connectivity index (χ3n) is 2.61. The zero-order valence-electron chi connectivity index (χ0n) is 9.73. The number of aromatic amines is 1. The molecule has 88 valence electrons. The number of carbonyl (C=O) groups is 1. The summed E-state index contributed by atoms with van der Waals surface area (Å²) in [5.41, 5.74) is 8.26. The Hall–Kier alpha value is -2.10. The quantitative estimate of drug-likeness (QED) is 0.843. The number of nitrogens with one attached hydrogen (secondary N) is 1. The lowest BCUT2D eigenvalue weighted by atomic mass is 10.1. The first-order chi connectivity index (χ1) is 8.20. The Kier molecular flexibility index (Phi) is 3.23. The van der Waals surface area contributed by atoms with Gasteiger partial charge in [0.25, 0.3) is 5.91 Å². The molecule has 1 heterocycles. The molecule has 0 bridgehead atoms. The number of hydrogen-bond donors (Lipinski definition) is 2. The molecule has 1 amide bonds. The minimum atomic E-state index is -0.543. The molecule has 0 fully saturated rings. The number of aryl methyl sites for hydroxylation is 1. The highest BCUT2D eigenvalue weighted by atomic mass is 16.1. The first kappa shape index (κ1) is 11.4. The molecule has 0 aliphatic rings. The van der Waals surface area contributed by atoms with E-state index in [0.29, 0.717) is 0 Å². The number of benzene rings is 1. The van der Waals surface area contributed by atoms with Gasteiger partial charge < -0.3 is 10.7 Å². The lowest BCUT2D eigenvalue weighted by Gasteiger charge is -2.00. The van der Waals surface area contributed by atoms with Crippen LogP contribution in [0.25, 0.3) is 11.3 Å². The number of primary amides is 1. The Labute approximate surface area is 99.9 Å². The normalized spacial score (nSPS) is 10.4. The summed E-state index contributed by atoms with van der Waals surface area (Å²) in [5.74, 6) is -0.350. The summed E-state index contributed by atoms with van der Waals surface area (Å²) in [6.07, 6.45) is 3.83. The molecule has 0 saturated heterocycles. The molecule has 2 aromatic rings. The van der Waals surface area contributed by atoms with E-state index in [1.54, 1.807) is 6.20 Å². The summed E-state index contributed by atoms with van der Waals surface area (Å²) in [4.78, 5) is 17.7. The van der Waals surface area contributed by atoms with Crippen molar-refractivity contribution >= 4 is 5.91 Å². The molecule has 2 rings (SSSR count). The molecule has 4 heteroatoms. The van der Waals surface area contributed by atoms with E-state index in [-0.39, 0.29) is 5.82 Å². The molecular weight excluding hydrogens is 214 g/mol. The van der Waals surface area contributed by atoms with Crippen molar-refractivity contribution in [2.75, 3.05) is 0 Å². The van der Waals surface area contributed by atoms with Crippen molar-refractivity contribution in [1.29, 1.82) is 0 Å². The van der Waals surface area contributed by atoms with E-state index >= 15 is 0 Å². The monoisotopic (exact) mass is 229 g/mol. The maximum Gasteiger partial charge on any atom is 0.284 e. The lowest BCUT2D eigenvalue weighted by molar-refractivity contribution is 0.0991. The van der Waals surface area contributed by atoms with Crippen LogP contribution in [0, 0.1) is 0 Å². The Morgan fingerprint density at radius 1 is 1.35 bits per heavy atom. The van der Waals surface area contributed by atoms with Gasteiger partial charge >= 0.3 is 0 Å². The lowest BCUT2D eigenvalue weighted by Crippen LogP contribution is -2.12. The van der Waals surface area contributed by atoms with Crippen molar-refractivity contribution in [3.63, 3.8) is 0 Å². The van der Waals surface area contributed by atoms with Crippen LogP contribution >= 0.6 is 0 Å². The molecule has 0 atom stereocenters. The van der Waals surface area contributed by atoms with E-state index in [9.17, 15) is 4.79 Å². The number of rotatable bonds is 4. The van der Waals surface area contributed by atoms with Gasteiger partial charge in [-0.2, -0.15) is 0 Å². The topological polar surface area (TPSA) is 71.8 Å². The van der Waals surface area contributed by atoms with Gasteiger partial charge in [-0.05, 0) is 17.5 Å². The summed E-state index contributed by atoms with van der Waals surface area (Å²) in [5, 5.41) is 0. The van der Waals surface area contributed by atoms with E-state index in [0.717, 1.165) is 24.1 Å². The average molecular weight is 229 g/mol. The molecule has 0 aliphatic heterocycles. The van der Waals surface area contributed by atoms with Crippen LogP contribution in [0.15, 0.2) is 30.5 Å². The number of amides is 1. The van der Waals surface area contributed by atoms with Gasteiger partial charge in [-0.25, -0.2) is 4.98 Å². The fourth-order valence-corrected chi connectivity index (χ4v) is 1.73. The molecule has 3 N–H and O–H groups in total. The van der Waals surface area contributed by atoms with E-state index < -0.39 is 5.91 Å². The van der Waals surface area contributed by atoms with Gasteiger partial charge in [0, 0.05) is 0 Å². The van der Waals surface area contributed by atoms with Crippen molar-refractivity contribution in [2.24, 2.45) is 5.73 Å². The molecule has 1 aromatic carbocycles. The zero-order chi connectivity index (χ0) is 12.3. The number of H-pyrrole nitrogens is 1. The Bertz CT molecular complexity index is 514. The summed E-state index contributed by atoms with van der Waals surface area (Å²) in [7, 11) is 0. The van der Waals surface area contributed by atoms with Crippen molar-refractivity contribution in [3.8, 4) is 11.3 Å². The summed E-state index contributed by atoms with van der Waals surface area (Å²) >= 11 is 0. The second-order valence-electron chi connectivity index (χ2n) is 3.96. The first-order valence-electron chi connectivity index (χ1n) is 5.65. The molecular formula is C13H15N3O. The third-order valence-corrected chi connectivity index (χ3v) is 2.61. The number of imidazole rings is 1. The molecule has 4 nitrogen and oxygen atoms in total. The van der Waals surface area contributed by atoms with Gasteiger partial charge in [0.2, 0.25) is 0 Å². The van der Waals surface area contributed by atoms with E-state index in [2.05, 4.69) is 29.0 Å². The SMILES string of the molecule is CCCc1ccc(-c2cnc(C(N)=O)[nH]2)cc1. The minimum Gasteiger partial charge on any atom is -0.363 e. The molecule has 0 radical (unpaired) electrons. The fourth-order valence-electron chi connectivity index (χ4n) is 1.73. The van der Waals surface area contributed by atoms with Crippen molar-refractivity contribution < 1.29 is 4.79 Å². The van der Waals surface area contributed by atoms with Gasteiger partial charge in [-0.3, -0.25) is 4.79 Å². The van der Waals surface area contributed by atoms with E-state index in [4.69, 9.17) is 5.73 Å². The van der Waals surface area contributed by atoms with Crippen molar-refractivity contribution in [2.45, 2.75) is 19.8 Å². The number of hydrogen-bond acceptors (Lipinski definition) is 2. The number of carbonyl (C=O) groups excluding carboxylic acids is 1.